The number of benzene rings is 3. The fourth-order valence-electron chi connectivity index (χ4n) is 3.24. The van der Waals surface area contributed by atoms with Crippen molar-refractivity contribution in [3.63, 3.8) is 0 Å². The summed E-state index contributed by atoms with van der Waals surface area (Å²) in [5, 5.41) is 7.12. The molecule has 0 aliphatic rings. The van der Waals surface area contributed by atoms with E-state index in [0.717, 1.165) is 22.2 Å². The Morgan fingerprint density at radius 1 is 0.744 bits per heavy atom. The topological polar surface area (TPSA) is 109 Å². The first-order valence-corrected chi connectivity index (χ1v) is 12.6. The molecule has 1 heterocycles. The normalized spacial score (nSPS) is 12.1. The zero-order valence-electron chi connectivity index (χ0n) is 19.7. The van der Waals surface area contributed by atoms with Crippen LogP contribution in [0.5, 0.6) is 0 Å². The summed E-state index contributed by atoms with van der Waals surface area (Å²) in [5.74, 6) is -4.67. The highest BCUT2D eigenvalue weighted by Gasteiger charge is 2.38. The molecule has 3 aromatic carbocycles. The molecule has 0 fully saturated rings. The van der Waals surface area contributed by atoms with Crippen LogP contribution in [0.4, 0.5) is 26.3 Å². The number of nitrogens with zero attached hydrogens (tertiary/aromatic N) is 2. The summed E-state index contributed by atoms with van der Waals surface area (Å²) in [7, 11) is -4.46. The van der Waals surface area contributed by atoms with Crippen molar-refractivity contribution < 1.29 is 44.7 Å². The largest absolute Gasteiger partial charge is 0.490 e. The molecule has 0 atom stereocenters. The summed E-state index contributed by atoms with van der Waals surface area (Å²) in [6.07, 6.45) is -9.88. The number of carboxylic acids is 1. The predicted molar refractivity (Wildman–Crippen MR) is 131 cm³/mol. The minimum atomic E-state index is -5.08. The zero-order valence-corrected chi connectivity index (χ0v) is 20.5. The van der Waals surface area contributed by atoms with Gasteiger partial charge in [0.05, 0.1) is 22.4 Å². The second kappa shape index (κ2) is 11.8. The quantitative estimate of drug-likeness (QED) is 0.293. The summed E-state index contributed by atoms with van der Waals surface area (Å²) in [5.41, 5.74) is 5.00. The summed E-state index contributed by atoms with van der Waals surface area (Å²) in [6.45, 7) is -0.242. The Morgan fingerprint density at radius 2 is 1.18 bits per heavy atom. The Hall–Kier alpha value is -4.04. The van der Waals surface area contributed by atoms with Crippen LogP contribution in [0.1, 0.15) is 5.56 Å². The summed E-state index contributed by atoms with van der Waals surface area (Å²) in [4.78, 5) is 18.5. The molecule has 0 saturated heterocycles. The third-order valence-electron chi connectivity index (χ3n) is 4.94. The Labute approximate surface area is 218 Å². The van der Waals surface area contributed by atoms with E-state index in [-0.39, 0.29) is 6.54 Å². The number of alkyl halides is 6. The van der Waals surface area contributed by atoms with Crippen LogP contribution in [0.15, 0.2) is 78.9 Å². The molecule has 206 valence electrons. The lowest BCUT2D eigenvalue weighted by atomic mass is 10.0. The fourth-order valence-corrected chi connectivity index (χ4v) is 4.16. The van der Waals surface area contributed by atoms with Gasteiger partial charge < -0.3 is 5.11 Å². The zero-order chi connectivity index (χ0) is 28.8. The van der Waals surface area contributed by atoms with E-state index in [9.17, 15) is 34.8 Å². The number of hydrogen-bond acceptors (Lipinski definition) is 5. The second-order valence-corrected chi connectivity index (χ2v) is 9.78. The average Bonchev–Trinajstić information content (AvgIpc) is 2.86. The van der Waals surface area contributed by atoms with Crippen LogP contribution in [-0.4, -0.2) is 47.6 Å². The van der Waals surface area contributed by atoms with Crippen molar-refractivity contribution >= 4 is 27.0 Å². The van der Waals surface area contributed by atoms with Gasteiger partial charge in [0.2, 0.25) is 10.0 Å². The number of carboxylic acid groups (broad SMARTS) is 1. The highest BCUT2D eigenvalue weighted by atomic mass is 32.2. The maximum Gasteiger partial charge on any atom is 0.490 e. The van der Waals surface area contributed by atoms with Crippen molar-refractivity contribution in [1.29, 1.82) is 0 Å². The Kier molecular flexibility index (Phi) is 8.92. The Balaban J connectivity index is 0.000000532. The Morgan fingerprint density at radius 3 is 1.62 bits per heavy atom. The van der Waals surface area contributed by atoms with Gasteiger partial charge >= 0.3 is 18.3 Å². The standard InChI is InChI=1S/C23H18F3N3O2S.C2HF3O2/c24-23(25,26)15-32(30,31)27-14-16-10-12-18(13-11-16)22-21(17-6-2-1-3-7-17)28-19-8-4-5-9-20(19)29-22;3-2(4,5)1(6)7/h1-13,27H,14-15H2;(H,6,7). The molecule has 0 aliphatic carbocycles. The molecular weight excluding hydrogens is 552 g/mol. The molecular formula is C25H19F6N3O4S. The predicted octanol–water partition coefficient (Wildman–Crippen LogP) is 5.58. The molecule has 0 unspecified atom stereocenters. The Bertz CT molecular complexity index is 1540. The lowest BCUT2D eigenvalue weighted by molar-refractivity contribution is -0.192. The molecule has 0 radical (unpaired) electrons. The maximum atomic E-state index is 12.4. The van der Waals surface area contributed by atoms with Gasteiger partial charge in [-0.05, 0) is 17.7 Å². The van der Waals surface area contributed by atoms with E-state index in [1.165, 1.54) is 0 Å². The first-order valence-electron chi connectivity index (χ1n) is 10.9. The van der Waals surface area contributed by atoms with E-state index in [0.29, 0.717) is 17.0 Å². The lowest BCUT2D eigenvalue weighted by Gasteiger charge is -2.12. The first-order chi connectivity index (χ1) is 18.1. The number of rotatable bonds is 6. The molecule has 7 nitrogen and oxygen atoms in total. The van der Waals surface area contributed by atoms with E-state index < -0.39 is 34.1 Å². The molecule has 0 amide bonds. The molecule has 0 aliphatic heterocycles. The van der Waals surface area contributed by atoms with Gasteiger partial charge in [0.25, 0.3) is 0 Å². The van der Waals surface area contributed by atoms with Crippen molar-refractivity contribution in [2.24, 2.45) is 0 Å². The number of nitrogens with one attached hydrogen (secondary N) is 1. The molecule has 0 bridgehead atoms. The molecule has 2 N–H and O–H groups in total. The third kappa shape index (κ3) is 8.75. The SMILES string of the molecule is O=C(O)C(F)(F)F.O=S(=O)(CC(F)(F)F)NCc1ccc(-c2nc3ccccc3nc2-c2ccccc2)cc1. The first kappa shape index (κ1) is 29.5. The van der Waals surface area contributed by atoms with Gasteiger partial charge in [0.15, 0.2) is 5.75 Å². The van der Waals surface area contributed by atoms with Gasteiger partial charge in [0.1, 0.15) is 0 Å². The number of aliphatic carboxylic acids is 1. The van der Waals surface area contributed by atoms with Crippen LogP contribution in [-0.2, 0) is 21.4 Å². The molecule has 39 heavy (non-hydrogen) atoms. The van der Waals surface area contributed by atoms with Crippen molar-refractivity contribution in [2.75, 3.05) is 5.75 Å². The summed E-state index contributed by atoms with van der Waals surface area (Å²) < 4.78 is 94.0. The van der Waals surface area contributed by atoms with Gasteiger partial charge in [-0.1, -0.05) is 66.7 Å². The number of hydrogen-bond donors (Lipinski definition) is 2. The highest BCUT2D eigenvalue weighted by molar-refractivity contribution is 7.89. The third-order valence-corrected chi connectivity index (χ3v) is 6.23. The number of fused-ring (bicyclic) bond motifs is 1. The monoisotopic (exact) mass is 571 g/mol. The van der Waals surface area contributed by atoms with E-state index in [1.54, 1.807) is 24.3 Å². The van der Waals surface area contributed by atoms with Crippen molar-refractivity contribution in [3.05, 3.63) is 84.4 Å². The molecule has 0 saturated carbocycles. The summed E-state index contributed by atoms with van der Waals surface area (Å²) in [6, 6.07) is 23.9. The van der Waals surface area contributed by atoms with E-state index in [1.807, 2.05) is 59.3 Å². The number of halogens is 6. The van der Waals surface area contributed by atoms with Crippen LogP contribution in [0.3, 0.4) is 0 Å². The smallest absolute Gasteiger partial charge is 0.475 e. The van der Waals surface area contributed by atoms with Crippen LogP contribution in [0.25, 0.3) is 33.5 Å². The number of sulfonamides is 1. The van der Waals surface area contributed by atoms with E-state index in [4.69, 9.17) is 19.9 Å². The second-order valence-electron chi connectivity index (χ2n) is 7.97. The number of carbonyl (C=O) groups is 1. The van der Waals surface area contributed by atoms with E-state index in [2.05, 4.69) is 0 Å². The van der Waals surface area contributed by atoms with Crippen molar-refractivity contribution in [1.82, 2.24) is 14.7 Å². The van der Waals surface area contributed by atoms with Gasteiger partial charge in [-0.15, -0.1) is 0 Å². The van der Waals surface area contributed by atoms with Gasteiger partial charge in [-0.3, -0.25) is 0 Å². The molecule has 14 heteroatoms. The van der Waals surface area contributed by atoms with Crippen molar-refractivity contribution in [2.45, 2.75) is 18.9 Å². The van der Waals surface area contributed by atoms with Gasteiger partial charge in [-0.2, -0.15) is 26.3 Å². The minimum Gasteiger partial charge on any atom is -0.475 e. The minimum absolute atomic E-state index is 0.242. The molecule has 4 rings (SSSR count). The van der Waals surface area contributed by atoms with Crippen LogP contribution in [0, 0.1) is 0 Å². The lowest BCUT2D eigenvalue weighted by Crippen LogP contribution is -2.33. The van der Waals surface area contributed by atoms with Gasteiger partial charge in [0, 0.05) is 17.7 Å². The molecule has 4 aromatic rings. The van der Waals surface area contributed by atoms with Crippen LogP contribution >= 0.6 is 0 Å². The summed E-state index contributed by atoms with van der Waals surface area (Å²) >= 11 is 0. The number of aromatic nitrogens is 2. The fraction of sp³-hybridized carbons (Fsp3) is 0.160. The number of para-hydroxylation sites is 2. The molecule has 1 aromatic heterocycles. The van der Waals surface area contributed by atoms with Crippen LogP contribution in [0.2, 0.25) is 0 Å². The molecule has 0 spiro atoms. The average molecular weight is 571 g/mol. The van der Waals surface area contributed by atoms with Gasteiger partial charge in [-0.25, -0.2) is 27.9 Å². The van der Waals surface area contributed by atoms with Crippen LogP contribution < -0.4 is 4.72 Å². The van der Waals surface area contributed by atoms with E-state index >= 15 is 0 Å². The van der Waals surface area contributed by atoms with Crippen molar-refractivity contribution in [3.8, 4) is 22.5 Å². The maximum absolute atomic E-state index is 12.4. The highest BCUT2D eigenvalue weighted by Crippen LogP contribution is 2.31.